The minimum absolute atomic E-state index is 0.107. The molecular weight excluding hydrogens is 390 g/mol. The van der Waals surface area contributed by atoms with Gasteiger partial charge in [-0.1, -0.05) is 0 Å². The zero-order chi connectivity index (χ0) is 14.8. The molecule has 0 aromatic heterocycles. The standard InChI is InChI=1S/C14H19Br2NO3/c1-14(2)19-8-10(20-14)7-17-6-9-4-11(15)13(18-3)12(16)5-9/h4-5,10,17H,6-8H2,1-3H3. The summed E-state index contributed by atoms with van der Waals surface area (Å²) in [5.74, 6) is 0.349. The van der Waals surface area contributed by atoms with E-state index in [9.17, 15) is 0 Å². The molecule has 6 heteroatoms. The van der Waals surface area contributed by atoms with Crippen molar-refractivity contribution in [3.63, 3.8) is 0 Å². The van der Waals surface area contributed by atoms with Crippen molar-refractivity contribution < 1.29 is 14.2 Å². The SMILES string of the molecule is COc1c(Br)cc(CNCC2COC(C)(C)O2)cc1Br. The van der Waals surface area contributed by atoms with E-state index in [0.29, 0.717) is 6.61 Å². The third-order valence-corrected chi connectivity index (χ3v) is 4.21. The van der Waals surface area contributed by atoms with Crippen LogP contribution in [-0.2, 0) is 16.0 Å². The molecule has 0 amide bonds. The van der Waals surface area contributed by atoms with Crippen molar-refractivity contribution in [1.29, 1.82) is 0 Å². The van der Waals surface area contributed by atoms with Gasteiger partial charge in [0.05, 0.1) is 28.8 Å². The first kappa shape index (κ1) is 16.2. The Morgan fingerprint density at radius 2 is 2.00 bits per heavy atom. The minimum atomic E-state index is -0.460. The summed E-state index contributed by atoms with van der Waals surface area (Å²) in [6.07, 6.45) is 0.107. The molecule has 4 nitrogen and oxygen atoms in total. The Morgan fingerprint density at radius 1 is 1.35 bits per heavy atom. The summed E-state index contributed by atoms with van der Waals surface area (Å²) in [6, 6.07) is 4.10. The Hall–Kier alpha value is -0.140. The molecule has 0 bridgehead atoms. The van der Waals surface area contributed by atoms with Crippen LogP contribution in [0.25, 0.3) is 0 Å². The van der Waals surface area contributed by atoms with Crippen LogP contribution >= 0.6 is 31.9 Å². The number of nitrogens with one attached hydrogen (secondary N) is 1. The van der Waals surface area contributed by atoms with Crippen molar-refractivity contribution in [1.82, 2.24) is 5.32 Å². The van der Waals surface area contributed by atoms with E-state index in [1.54, 1.807) is 7.11 Å². The quantitative estimate of drug-likeness (QED) is 0.809. The number of ether oxygens (including phenoxy) is 3. The summed E-state index contributed by atoms with van der Waals surface area (Å²) < 4.78 is 18.4. The van der Waals surface area contributed by atoms with Gasteiger partial charge in [-0.25, -0.2) is 0 Å². The molecule has 1 aromatic carbocycles. The first-order chi connectivity index (χ1) is 9.41. The fraction of sp³-hybridized carbons (Fsp3) is 0.571. The second kappa shape index (κ2) is 6.75. The molecule has 2 rings (SSSR count). The van der Waals surface area contributed by atoms with E-state index >= 15 is 0 Å². The topological polar surface area (TPSA) is 39.7 Å². The molecule has 1 unspecified atom stereocenters. The zero-order valence-electron chi connectivity index (χ0n) is 11.8. The fourth-order valence-electron chi connectivity index (χ4n) is 2.15. The highest BCUT2D eigenvalue weighted by molar-refractivity contribution is 9.11. The largest absolute Gasteiger partial charge is 0.494 e. The Labute approximate surface area is 136 Å². The van der Waals surface area contributed by atoms with Gasteiger partial charge in [0.2, 0.25) is 0 Å². The smallest absolute Gasteiger partial charge is 0.163 e. The summed E-state index contributed by atoms with van der Waals surface area (Å²) in [4.78, 5) is 0. The summed E-state index contributed by atoms with van der Waals surface area (Å²) >= 11 is 7.01. The van der Waals surface area contributed by atoms with Crippen molar-refractivity contribution in [3.8, 4) is 5.75 Å². The van der Waals surface area contributed by atoms with E-state index in [1.165, 1.54) is 5.56 Å². The molecule has 0 radical (unpaired) electrons. The van der Waals surface area contributed by atoms with Gasteiger partial charge in [-0.3, -0.25) is 0 Å². The average molecular weight is 409 g/mol. The average Bonchev–Trinajstić information content (AvgIpc) is 2.69. The summed E-state index contributed by atoms with van der Waals surface area (Å²) in [7, 11) is 1.65. The molecule has 1 aromatic rings. The first-order valence-corrected chi connectivity index (χ1v) is 8.04. The third-order valence-electron chi connectivity index (χ3n) is 3.03. The van der Waals surface area contributed by atoms with Crippen molar-refractivity contribution >= 4 is 31.9 Å². The van der Waals surface area contributed by atoms with E-state index in [1.807, 2.05) is 26.0 Å². The highest BCUT2D eigenvalue weighted by atomic mass is 79.9. The minimum Gasteiger partial charge on any atom is -0.494 e. The van der Waals surface area contributed by atoms with Gasteiger partial charge in [0.25, 0.3) is 0 Å². The van der Waals surface area contributed by atoms with Crippen LogP contribution in [0.1, 0.15) is 19.4 Å². The molecule has 1 aliphatic rings. The molecule has 112 valence electrons. The Morgan fingerprint density at radius 3 is 2.50 bits per heavy atom. The van der Waals surface area contributed by atoms with E-state index in [4.69, 9.17) is 14.2 Å². The second-order valence-electron chi connectivity index (χ2n) is 5.17. The van der Waals surface area contributed by atoms with Crippen LogP contribution in [0.3, 0.4) is 0 Å². The molecule has 1 atom stereocenters. The number of methoxy groups -OCH3 is 1. The third kappa shape index (κ3) is 4.18. The lowest BCUT2D eigenvalue weighted by Crippen LogP contribution is -2.30. The van der Waals surface area contributed by atoms with Crippen molar-refractivity contribution in [3.05, 3.63) is 26.6 Å². The lowest BCUT2D eigenvalue weighted by atomic mass is 10.2. The lowest BCUT2D eigenvalue weighted by Gasteiger charge is -2.17. The van der Waals surface area contributed by atoms with Crippen molar-refractivity contribution in [2.45, 2.75) is 32.3 Å². The maximum atomic E-state index is 5.75. The first-order valence-electron chi connectivity index (χ1n) is 6.45. The second-order valence-corrected chi connectivity index (χ2v) is 6.88. The van der Waals surface area contributed by atoms with Crippen LogP contribution in [0.4, 0.5) is 0 Å². The molecule has 1 heterocycles. The predicted molar refractivity (Wildman–Crippen MR) is 85.0 cm³/mol. The highest BCUT2D eigenvalue weighted by Gasteiger charge is 2.32. The van der Waals surface area contributed by atoms with Gasteiger partial charge in [-0.2, -0.15) is 0 Å². The van der Waals surface area contributed by atoms with E-state index in [-0.39, 0.29) is 6.10 Å². The number of benzene rings is 1. The molecule has 1 N–H and O–H groups in total. The van der Waals surface area contributed by atoms with Crippen LogP contribution in [0.5, 0.6) is 5.75 Å². The predicted octanol–water partition coefficient (Wildman–Crippen LogP) is 3.46. The van der Waals surface area contributed by atoms with Crippen LogP contribution in [0, 0.1) is 0 Å². The van der Waals surface area contributed by atoms with E-state index in [2.05, 4.69) is 37.2 Å². The van der Waals surface area contributed by atoms with Gasteiger partial charge in [0.15, 0.2) is 5.79 Å². The van der Waals surface area contributed by atoms with Gasteiger partial charge in [0, 0.05) is 13.1 Å². The Balaban J connectivity index is 1.86. The molecule has 1 fully saturated rings. The maximum absolute atomic E-state index is 5.75. The summed E-state index contributed by atoms with van der Waals surface area (Å²) in [5.41, 5.74) is 1.17. The Kier molecular flexibility index (Phi) is 5.48. The number of halogens is 2. The van der Waals surface area contributed by atoms with Crippen molar-refractivity contribution in [2.75, 3.05) is 20.3 Å². The van der Waals surface area contributed by atoms with Gasteiger partial charge in [-0.05, 0) is 63.4 Å². The van der Waals surface area contributed by atoms with Gasteiger partial charge in [-0.15, -0.1) is 0 Å². The van der Waals surface area contributed by atoms with Crippen LogP contribution in [0.15, 0.2) is 21.1 Å². The molecular formula is C14H19Br2NO3. The highest BCUT2D eigenvalue weighted by Crippen LogP contribution is 2.34. The molecule has 20 heavy (non-hydrogen) atoms. The van der Waals surface area contributed by atoms with Crippen LogP contribution < -0.4 is 10.1 Å². The Bertz CT molecular complexity index is 456. The number of hydrogen-bond donors (Lipinski definition) is 1. The van der Waals surface area contributed by atoms with E-state index in [0.717, 1.165) is 27.8 Å². The lowest BCUT2D eigenvalue weighted by molar-refractivity contribution is -0.137. The molecule has 1 saturated heterocycles. The fourth-order valence-corrected chi connectivity index (χ4v) is 3.76. The maximum Gasteiger partial charge on any atom is 0.163 e. The van der Waals surface area contributed by atoms with Gasteiger partial charge >= 0.3 is 0 Å². The normalized spacial score (nSPS) is 21.1. The summed E-state index contributed by atoms with van der Waals surface area (Å²) in [5, 5.41) is 3.39. The van der Waals surface area contributed by atoms with Gasteiger partial charge in [0.1, 0.15) is 5.75 Å². The van der Waals surface area contributed by atoms with E-state index < -0.39 is 5.79 Å². The van der Waals surface area contributed by atoms with Crippen molar-refractivity contribution in [2.24, 2.45) is 0 Å². The molecule has 0 saturated carbocycles. The zero-order valence-corrected chi connectivity index (χ0v) is 15.0. The monoisotopic (exact) mass is 407 g/mol. The summed E-state index contributed by atoms with van der Waals surface area (Å²) in [6.45, 7) is 6.04. The molecule has 0 aliphatic carbocycles. The number of hydrogen-bond acceptors (Lipinski definition) is 4. The molecule has 0 spiro atoms. The van der Waals surface area contributed by atoms with Gasteiger partial charge < -0.3 is 19.5 Å². The van der Waals surface area contributed by atoms with Crippen LogP contribution in [0.2, 0.25) is 0 Å². The number of rotatable bonds is 5. The van der Waals surface area contributed by atoms with Crippen LogP contribution in [-0.4, -0.2) is 32.2 Å². The molecule has 1 aliphatic heterocycles.